The van der Waals surface area contributed by atoms with Crippen LogP contribution in [0.5, 0.6) is 0 Å². The number of epoxide rings is 1. The van der Waals surface area contributed by atoms with E-state index in [4.69, 9.17) is 4.74 Å². The topological polar surface area (TPSA) is 12.5 Å². The molecule has 0 amide bonds. The van der Waals surface area contributed by atoms with Gasteiger partial charge >= 0.3 is 0 Å². The van der Waals surface area contributed by atoms with Gasteiger partial charge in [-0.1, -0.05) is 40.2 Å². The predicted molar refractivity (Wildman–Crippen MR) is 52.5 cm³/mol. The van der Waals surface area contributed by atoms with Crippen molar-refractivity contribution in [2.75, 3.05) is 6.61 Å². The molecule has 1 nitrogen and oxygen atoms in total. The normalized spacial score (nSPS) is 20.9. The number of rotatable bonds is 3. The molecule has 1 aliphatic rings. The Hall–Kier alpha value is -0.340. The average Bonchev–Trinajstić information content (AvgIpc) is 2.89. The average molecular weight is 227 g/mol. The van der Waals surface area contributed by atoms with Crippen LogP contribution < -0.4 is 0 Å². The zero-order valence-corrected chi connectivity index (χ0v) is 8.38. The third-order valence-electron chi connectivity index (χ3n) is 2.01. The van der Waals surface area contributed by atoms with E-state index in [0.29, 0.717) is 6.10 Å². The van der Waals surface area contributed by atoms with Crippen LogP contribution in [0, 0.1) is 0 Å². The monoisotopic (exact) mass is 226 g/mol. The molecule has 2 heteroatoms. The van der Waals surface area contributed by atoms with Gasteiger partial charge in [0.15, 0.2) is 0 Å². The maximum atomic E-state index is 5.17. The lowest BCUT2D eigenvalue weighted by Crippen LogP contribution is -1.93. The molecule has 1 aromatic rings. The summed E-state index contributed by atoms with van der Waals surface area (Å²) in [6.45, 7) is 0.943. The second kappa shape index (κ2) is 3.58. The Bertz CT molecular complexity index is 268. The smallest absolute Gasteiger partial charge is 0.0850 e. The number of alkyl halides is 1. The summed E-state index contributed by atoms with van der Waals surface area (Å²) in [7, 11) is 0. The Balaban J connectivity index is 2.08. The number of halogens is 1. The number of benzene rings is 1. The molecule has 12 heavy (non-hydrogen) atoms. The Morgan fingerprint density at radius 3 is 2.83 bits per heavy atom. The van der Waals surface area contributed by atoms with Crippen LogP contribution in [0.2, 0.25) is 0 Å². The highest BCUT2D eigenvalue weighted by Gasteiger charge is 2.22. The van der Waals surface area contributed by atoms with Crippen LogP contribution in [0.4, 0.5) is 0 Å². The minimum Gasteiger partial charge on any atom is -0.373 e. The van der Waals surface area contributed by atoms with E-state index >= 15 is 0 Å². The van der Waals surface area contributed by atoms with Crippen molar-refractivity contribution in [1.82, 2.24) is 0 Å². The standard InChI is InChI=1S/C10H11BrO/c11-6-9-3-1-2-8(4-9)5-10-7-12-10/h1-4,10H,5-7H2. The highest BCUT2D eigenvalue weighted by Crippen LogP contribution is 2.17. The van der Waals surface area contributed by atoms with E-state index in [1.54, 1.807) is 0 Å². The van der Waals surface area contributed by atoms with E-state index in [1.165, 1.54) is 11.1 Å². The van der Waals surface area contributed by atoms with Crippen molar-refractivity contribution in [3.63, 3.8) is 0 Å². The lowest BCUT2D eigenvalue weighted by molar-refractivity contribution is 0.407. The van der Waals surface area contributed by atoms with Crippen LogP contribution in [0.1, 0.15) is 11.1 Å². The number of hydrogen-bond donors (Lipinski definition) is 0. The summed E-state index contributed by atoms with van der Waals surface area (Å²) in [5, 5.41) is 0.937. The zero-order chi connectivity index (χ0) is 8.39. The van der Waals surface area contributed by atoms with Crippen molar-refractivity contribution in [2.24, 2.45) is 0 Å². The zero-order valence-electron chi connectivity index (χ0n) is 6.79. The molecule has 0 aliphatic carbocycles. The fourth-order valence-corrected chi connectivity index (χ4v) is 1.64. The van der Waals surface area contributed by atoms with Gasteiger partial charge in [0, 0.05) is 11.8 Å². The predicted octanol–water partition coefficient (Wildman–Crippen LogP) is 2.52. The summed E-state index contributed by atoms with van der Waals surface area (Å²) < 4.78 is 5.17. The van der Waals surface area contributed by atoms with E-state index in [-0.39, 0.29) is 0 Å². The van der Waals surface area contributed by atoms with Crippen LogP contribution in [0.15, 0.2) is 24.3 Å². The molecule has 0 aromatic heterocycles. The summed E-state index contributed by atoms with van der Waals surface area (Å²) in [6, 6.07) is 8.63. The van der Waals surface area contributed by atoms with Crippen molar-refractivity contribution in [2.45, 2.75) is 17.9 Å². The molecule has 0 spiro atoms. The van der Waals surface area contributed by atoms with Crippen molar-refractivity contribution >= 4 is 15.9 Å². The molecule has 1 heterocycles. The second-order valence-electron chi connectivity index (χ2n) is 3.11. The maximum absolute atomic E-state index is 5.17. The first-order valence-corrected chi connectivity index (χ1v) is 5.26. The minimum atomic E-state index is 0.496. The Morgan fingerprint density at radius 1 is 1.42 bits per heavy atom. The van der Waals surface area contributed by atoms with Gasteiger partial charge in [-0.2, -0.15) is 0 Å². The lowest BCUT2D eigenvalue weighted by atomic mass is 10.1. The van der Waals surface area contributed by atoms with Crippen molar-refractivity contribution in [1.29, 1.82) is 0 Å². The number of hydrogen-bond acceptors (Lipinski definition) is 1. The van der Waals surface area contributed by atoms with E-state index in [2.05, 4.69) is 40.2 Å². The molecule has 0 N–H and O–H groups in total. The van der Waals surface area contributed by atoms with Gasteiger partial charge in [-0.15, -0.1) is 0 Å². The van der Waals surface area contributed by atoms with E-state index < -0.39 is 0 Å². The van der Waals surface area contributed by atoms with Crippen molar-refractivity contribution < 1.29 is 4.74 Å². The molecule has 1 aliphatic heterocycles. The van der Waals surface area contributed by atoms with E-state index in [0.717, 1.165) is 18.4 Å². The largest absolute Gasteiger partial charge is 0.373 e. The molecule has 0 saturated carbocycles. The molecular weight excluding hydrogens is 216 g/mol. The van der Waals surface area contributed by atoms with Gasteiger partial charge in [-0.3, -0.25) is 0 Å². The first-order valence-electron chi connectivity index (χ1n) is 4.14. The molecule has 1 unspecified atom stereocenters. The molecule has 1 fully saturated rings. The lowest BCUT2D eigenvalue weighted by Gasteiger charge is -1.99. The van der Waals surface area contributed by atoms with E-state index in [1.807, 2.05) is 0 Å². The van der Waals surface area contributed by atoms with Gasteiger partial charge in [0.05, 0.1) is 12.7 Å². The molecule has 1 aromatic carbocycles. The van der Waals surface area contributed by atoms with Crippen LogP contribution in [-0.4, -0.2) is 12.7 Å². The van der Waals surface area contributed by atoms with Crippen LogP contribution >= 0.6 is 15.9 Å². The third-order valence-corrected chi connectivity index (χ3v) is 2.66. The highest BCUT2D eigenvalue weighted by atomic mass is 79.9. The Morgan fingerprint density at radius 2 is 2.17 bits per heavy atom. The molecule has 1 saturated heterocycles. The first kappa shape index (κ1) is 8.27. The third kappa shape index (κ3) is 2.08. The van der Waals surface area contributed by atoms with E-state index in [9.17, 15) is 0 Å². The molecule has 64 valence electrons. The Labute approximate surface area is 80.9 Å². The second-order valence-corrected chi connectivity index (χ2v) is 3.67. The van der Waals surface area contributed by atoms with Gasteiger partial charge in [-0.05, 0) is 11.1 Å². The molecule has 1 atom stereocenters. The van der Waals surface area contributed by atoms with Gasteiger partial charge in [0.2, 0.25) is 0 Å². The first-order chi connectivity index (χ1) is 5.88. The fraction of sp³-hybridized carbons (Fsp3) is 0.400. The highest BCUT2D eigenvalue weighted by molar-refractivity contribution is 9.08. The van der Waals surface area contributed by atoms with Crippen molar-refractivity contribution in [3.8, 4) is 0 Å². The molecule has 2 rings (SSSR count). The summed E-state index contributed by atoms with van der Waals surface area (Å²) in [6.07, 6.45) is 1.57. The number of ether oxygens (including phenoxy) is 1. The van der Waals surface area contributed by atoms with Gasteiger partial charge in [0.25, 0.3) is 0 Å². The van der Waals surface area contributed by atoms with Gasteiger partial charge in [-0.25, -0.2) is 0 Å². The quantitative estimate of drug-likeness (QED) is 0.571. The van der Waals surface area contributed by atoms with Crippen LogP contribution in [0.25, 0.3) is 0 Å². The SMILES string of the molecule is BrCc1cccc(CC2CO2)c1. The minimum absolute atomic E-state index is 0.496. The molecule has 0 bridgehead atoms. The summed E-state index contributed by atoms with van der Waals surface area (Å²) in [5.41, 5.74) is 2.72. The van der Waals surface area contributed by atoms with Crippen molar-refractivity contribution in [3.05, 3.63) is 35.4 Å². The van der Waals surface area contributed by atoms with Gasteiger partial charge in [0.1, 0.15) is 0 Å². The Kier molecular flexibility index (Phi) is 2.47. The molecule has 0 radical (unpaired) electrons. The van der Waals surface area contributed by atoms with Gasteiger partial charge < -0.3 is 4.74 Å². The summed E-state index contributed by atoms with van der Waals surface area (Å²) in [5.74, 6) is 0. The summed E-state index contributed by atoms with van der Waals surface area (Å²) >= 11 is 3.44. The van der Waals surface area contributed by atoms with Crippen LogP contribution in [0.3, 0.4) is 0 Å². The molecular formula is C10H11BrO. The summed E-state index contributed by atoms with van der Waals surface area (Å²) in [4.78, 5) is 0. The maximum Gasteiger partial charge on any atom is 0.0850 e. The van der Waals surface area contributed by atoms with Crippen LogP contribution in [-0.2, 0) is 16.5 Å². The fourth-order valence-electron chi connectivity index (χ4n) is 1.29.